The minimum absolute atomic E-state index is 0.0681. The van der Waals surface area contributed by atoms with Gasteiger partial charge < -0.3 is 9.47 Å². The second kappa shape index (κ2) is 8.11. The lowest BCUT2D eigenvalue weighted by molar-refractivity contribution is -0.148. The van der Waals surface area contributed by atoms with Gasteiger partial charge in [-0.25, -0.2) is 8.42 Å². The molecule has 0 radical (unpaired) electrons. The Morgan fingerprint density at radius 1 is 1.25 bits per heavy atom. The van der Waals surface area contributed by atoms with E-state index in [0.29, 0.717) is 0 Å². The van der Waals surface area contributed by atoms with Gasteiger partial charge in [0.15, 0.2) is 0 Å². The number of benzene rings is 2. The Morgan fingerprint density at radius 2 is 1.93 bits per heavy atom. The highest BCUT2D eigenvalue weighted by Gasteiger charge is 2.45. The van der Waals surface area contributed by atoms with Crippen molar-refractivity contribution in [1.29, 1.82) is 0 Å². The lowest BCUT2D eigenvalue weighted by Crippen LogP contribution is -2.50. The molecular weight excluding hydrogens is 402 g/mol. The summed E-state index contributed by atoms with van der Waals surface area (Å²) >= 11 is 6.06. The fourth-order valence-corrected chi connectivity index (χ4v) is 5.56. The van der Waals surface area contributed by atoms with E-state index in [4.69, 9.17) is 21.1 Å². The highest BCUT2D eigenvalue weighted by molar-refractivity contribution is 7.89. The van der Waals surface area contributed by atoms with E-state index >= 15 is 0 Å². The van der Waals surface area contributed by atoms with Crippen LogP contribution in [-0.4, -0.2) is 37.4 Å². The zero-order chi connectivity index (χ0) is 20.5. The number of sulfonamides is 1. The van der Waals surface area contributed by atoms with Gasteiger partial charge in [-0.15, -0.1) is 0 Å². The van der Waals surface area contributed by atoms with E-state index in [2.05, 4.69) is 0 Å². The van der Waals surface area contributed by atoms with Gasteiger partial charge in [0.1, 0.15) is 22.8 Å². The van der Waals surface area contributed by atoms with E-state index in [9.17, 15) is 13.2 Å². The summed E-state index contributed by atoms with van der Waals surface area (Å²) in [5, 5.41) is 0.264. The topological polar surface area (TPSA) is 72.9 Å². The van der Waals surface area contributed by atoms with Crippen LogP contribution in [0.25, 0.3) is 0 Å². The third-order valence-electron chi connectivity index (χ3n) is 4.69. The number of halogens is 1. The zero-order valence-electron chi connectivity index (χ0n) is 15.8. The predicted octanol–water partition coefficient (Wildman–Crippen LogP) is 3.80. The summed E-state index contributed by atoms with van der Waals surface area (Å²) < 4.78 is 39.4. The van der Waals surface area contributed by atoms with Crippen molar-refractivity contribution < 1.29 is 22.7 Å². The molecule has 28 heavy (non-hydrogen) atoms. The molecule has 0 aromatic heterocycles. The molecule has 150 valence electrons. The molecule has 0 unspecified atom stereocenters. The Hall–Kier alpha value is -2.09. The largest absolute Gasteiger partial charge is 0.483 e. The third-order valence-corrected chi connectivity index (χ3v) is 7.01. The lowest BCUT2D eigenvalue weighted by Gasteiger charge is -2.33. The Morgan fingerprint density at radius 3 is 2.57 bits per heavy atom. The van der Waals surface area contributed by atoms with Crippen molar-refractivity contribution in [1.82, 2.24) is 4.31 Å². The number of hydrogen-bond acceptors (Lipinski definition) is 5. The summed E-state index contributed by atoms with van der Waals surface area (Å²) in [6, 6.07) is 12.1. The molecule has 0 amide bonds. The molecule has 1 heterocycles. The normalized spacial score (nSPS) is 22.4. The molecule has 0 N–H and O–H groups in total. The van der Waals surface area contributed by atoms with Crippen molar-refractivity contribution in [3.05, 3.63) is 59.1 Å². The fourth-order valence-electron chi connectivity index (χ4n) is 3.40. The average Bonchev–Trinajstić information content (AvgIpc) is 2.75. The number of fused-ring (bicyclic) bond motifs is 1. The van der Waals surface area contributed by atoms with Crippen LogP contribution in [0.15, 0.2) is 53.4 Å². The maximum Gasteiger partial charge on any atom is 0.324 e. The summed E-state index contributed by atoms with van der Waals surface area (Å²) in [4.78, 5) is 12.3. The van der Waals surface area contributed by atoms with Crippen LogP contribution in [0.2, 0.25) is 5.02 Å². The molecule has 0 bridgehead atoms. The van der Waals surface area contributed by atoms with Crippen LogP contribution in [-0.2, 0) is 19.6 Å². The second-order valence-corrected chi connectivity index (χ2v) is 8.79. The first-order valence-corrected chi connectivity index (χ1v) is 10.8. The van der Waals surface area contributed by atoms with Crippen LogP contribution in [0, 0.1) is 0 Å². The van der Waals surface area contributed by atoms with E-state index in [1.54, 1.807) is 19.9 Å². The van der Waals surface area contributed by atoms with E-state index in [1.165, 1.54) is 19.1 Å². The van der Waals surface area contributed by atoms with E-state index in [1.807, 2.05) is 30.3 Å². The van der Waals surface area contributed by atoms with Crippen molar-refractivity contribution in [2.24, 2.45) is 0 Å². The fraction of sp³-hybridized carbons (Fsp3) is 0.350. The Labute approximate surface area is 170 Å². The number of esters is 1. The van der Waals surface area contributed by atoms with Gasteiger partial charge in [-0.1, -0.05) is 41.9 Å². The van der Waals surface area contributed by atoms with Crippen molar-refractivity contribution in [3.8, 4) is 5.75 Å². The third kappa shape index (κ3) is 3.74. The lowest BCUT2D eigenvalue weighted by atomic mass is 10.0. The Bertz CT molecular complexity index is 964. The molecule has 0 fully saturated rings. The average molecular weight is 424 g/mol. The highest BCUT2D eigenvalue weighted by atomic mass is 35.5. The van der Waals surface area contributed by atoms with Gasteiger partial charge in [0.25, 0.3) is 0 Å². The summed E-state index contributed by atoms with van der Waals surface area (Å²) in [6.45, 7) is 5.07. The molecule has 1 aliphatic rings. The minimum atomic E-state index is -4.07. The maximum atomic E-state index is 13.5. The summed E-state index contributed by atoms with van der Waals surface area (Å²) in [5.41, 5.74) is 0.800. The van der Waals surface area contributed by atoms with E-state index < -0.39 is 34.2 Å². The zero-order valence-corrected chi connectivity index (χ0v) is 17.4. The van der Waals surface area contributed by atoms with Crippen LogP contribution < -0.4 is 4.74 Å². The van der Waals surface area contributed by atoms with Crippen molar-refractivity contribution >= 4 is 27.6 Å². The smallest absolute Gasteiger partial charge is 0.324 e. The number of carbonyl (C=O) groups excluding carboxylic acids is 1. The standard InChI is InChI=1S/C20H22ClNO5S/c1-4-26-20(23)14(3)22-13(2)19(15-8-6-5-7-9-15)27-17-11-10-16(21)12-18(17)28(22,24)25/h5-14,19H,4H2,1-3H3/t13-,14+,19-/m1/s1. The Kier molecular flexibility index (Phi) is 5.98. The monoisotopic (exact) mass is 423 g/mol. The van der Waals surface area contributed by atoms with Crippen molar-refractivity contribution in [2.75, 3.05) is 6.61 Å². The van der Waals surface area contributed by atoms with Gasteiger partial charge in [0.2, 0.25) is 10.0 Å². The van der Waals surface area contributed by atoms with Gasteiger partial charge in [0.05, 0.1) is 12.6 Å². The molecule has 3 atom stereocenters. The number of ether oxygens (including phenoxy) is 2. The summed E-state index contributed by atoms with van der Waals surface area (Å²) in [7, 11) is -4.07. The number of hydrogen-bond donors (Lipinski definition) is 0. The molecular formula is C20H22ClNO5S. The van der Waals surface area contributed by atoms with Crippen molar-refractivity contribution in [2.45, 2.75) is 43.9 Å². The molecule has 0 spiro atoms. The van der Waals surface area contributed by atoms with Gasteiger partial charge in [-0.05, 0) is 44.5 Å². The quantitative estimate of drug-likeness (QED) is 0.699. The van der Waals surface area contributed by atoms with Crippen LogP contribution in [0.5, 0.6) is 5.75 Å². The van der Waals surface area contributed by atoms with Crippen LogP contribution in [0.4, 0.5) is 0 Å². The summed E-state index contributed by atoms with van der Waals surface area (Å²) in [5.74, 6) is -0.418. The van der Waals surface area contributed by atoms with Crippen LogP contribution in [0.1, 0.15) is 32.4 Å². The first-order chi connectivity index (χ1) is 13.3. The SMILES string of the molecule is CCOC(=O)[C@H](C)N1[C@H](C)[C@H](c2ccccc2)Oc2ccc(Cl)cc2S1(=O)=O. The van der Waals surface area contributed by atoms with Crippen LogP contribution in [0.3, 0.4) is 0 Å². The second-order valence-electron chi connectivity index (χ2n) is 6.54. The van der Waals surface area contributed by atoms with Crippen molar-refractivity contribution in [3.63, 3.8) is 0 Å². The summed E-state index contributed by atoms with van der Waals surface area (Å²) in [6.07, 6.45) is -0.615. The molecule has 0 saturated heterocycles. The molecule has 0 saturated carbocycles. The first-order valence-electron chi connectivity index (χ1n) is 8.98. The molecule has 3 rings (SSSR count). The molecule has 2 aromatic carbocycles. The predicted molar refractivity (Wildman–Crippen MR) is 106 cm³/mol. The van der Waals surface area contributed by atoms with E-state index in [0.717, 1.165) is 9.87 Å². The highest BCUT2D eigenvalue weighted by Crippen LogP contribution is 2.41. The Balaban J connectivity index is 2.19. The van der Waals surface area contributed by atoms with E-state index in [-0.39, 0.29) is 22.3 Å². The molecule has 8 heteroatoms. The van der Waals surface area contributed by atoms with Gasteiger partial charge in [0, 0.05) is 5.02 Å². The number of nitrogens with zero attached hydrogens (tertiary/aromatic N) is 1. The first kappa shape index (κ1) is 20.6. The minimum Gasteiger partial charge on any atom is -0.483 e. The van der Waals surface area contributed by atoms with Gasteiger partial charge >= 0.3 is 5.97 Å². The molecule has 2 aromatic rings. The molecule has 1 aliphatic heterocycles. The molecule has 6 nitrogen and oxygen atoms in total. The van der Waals surface area contributed by atoms with Crippen LogP contribution >= 0.6 is 11.6 Å². The molecule has 0 aliphatic carbocycles. The maximum absolute atomic E-state index is 13.5. The van der Waals surface area contributed by atoms with Gasteiger partial charge in [-0.2, -0.15) is 4.31 Å². The number of rotatable bonds is 4. The van der Waals surface area contributed by atoms with Gasteiger partial charge in [-0.3, -0.25) is 4.79 Å². The number of carbonyl (C=O) groups is 1.